The van der Waals surface area contributed by atoms with Crippen LogP contribution in [0.3, 0.4) is 0 Å². The standard InChI is InChI=1S/C14H14F3N3/c1-19-4-3-9-12(7-19)18-20(2)14(9)8-5-10(15)13(17)11(16)6-8/h5-6H,3-4,7H2,1-2H3. The summed E-state index contributed by atoms with van der Waals surface area (Å²) in [6.45, 7) is 1.56. The summed E-state index contributed by atoms with van der Waals surface area (Å²) < 4.78 is 41.5. The molecule has 0 radical (unpaired) electrons. The third-order valence-electron chi connectivity index (χ3n) is 3.65. The second kappa shape index (κ2) is 4.63. The molecule has 20 heavy (non-hydrogen) atoms. The molecule has 3 nitrogen and oxygen atoms in total. The van der Waals surface area contributed by atoms with E-state index in [1.54, 1.807) is 11.7 Å². The van der Waals surface area contributed by atoms with Crippen molar-refractivity contribution in [3.63, 3.8) is 0 Å². The number of nitrogens with zero attached hydrogens (tertiary/aromatic N) is 3. The largest absolute Gasteiger partial charge is 0.300 e. The Bertz CT molecular complexity index is 656. The predicted molar refractivity (Wildman–Crippen MR) is 68.6 cm³/mol. The highest BCUT2D eigenvalue weighted by atomic mass is 19.2. The Hall–Kier alpha value is -1.82. The van der Waals surface area contributed by atoms with Gasteiger partial charge in [0.1, 0.15) is 0 Å². The van der Waals surface area contributed by atoms with E-state index in [1.165, 1.54) is 0 Å². The third-order valence-corrected chi connectivity index (χ3v) is 3.65. The van der Waals surface area contributed by atoms with Gasteiger partial charge in [-0.3, -0.25) is 4.68 Å². The second-order valence-corrected chi connectivity index (χ2v) is 5.14. The molecule has 2 heterocycles. The molecular weight excluding hydrogens is 267 g/mol. The number of aromatic nitrogens is 2. The number of aryl methyl sites for hydroxylation is 1. The van der Waals surface area contributed by atoms with Crippen LogP contribution in [0.1, 0.15) is 11.3 Å². The lowest BCUT2D eigenvalue weighted by molar-refractivity contribution is 0.308. The van der Waals surface area contributed by atoms with E-state index >= 15 is 0 Å². The van der Waals surface area contributed by atoms with Crippen molar-refractivity contribution in [2.24, 2.45) is 7.05 Å². The maximum atomic E-state index is 13.4. The van der Waals surface area contributed by atoms with Crippen LogP contribution in [0, 0.1) is 17.5 Å². The van der Waals surface area contributed by atoms with Crippen LogP contribution in [0.2, 0.25) is 0 Å². The van der Waals surface area contributed by atoms with Gasteiger partial charge in [0, 0.05) is 31.3 Å². The van der Waals surface area contributed by atoms with Crippen LogP contribution in [-0.4, -0.2) is 28.3 Å². The van der Waals surface area contributed by atoms with Crippen molar-refractivity contribution in [2.45, 2.75) is 13.0 Å². The van der Waals surface area contributed by atoms with Gasteiger partial charge in [-0.15, -0.1) is 0 Å². The lowest BCUT2D eigenvalue weighted by atomic mass is 10.00. The summed E-state index contributed by atoms with van der Waals surface area (Å²) in [4.78, 5) is 2.13. The molecule has 1 aliphatic heterocycles. The van der Waals surface area contributed by atoms with E-state index in [0.29, 0.717) is 17.8 Å². The molecule has 0 saturated heterocycles. The van der Waals surface area contributed by atoms with Gasteiger partial charge in [-0.05, 0) is 25.6 Å². The zero-order valence-electron chi connectivity index (χ0n) is 11.3. The number of halogens is 3. The second-order valence-electron chi connectivity index (χ2n) is 5.14. The highest BCUT2D eigenvalue weighted by Gasteiger charge is 2.24. The smallest absolute Gasteiger partial charge is 0.194 e. The molecule has 0 atom stereocenters. The summed E-state index contributed by atoms with van der Waals surface area (Å²) in [5, 5.41) is 4.40. The fraction of sp³-hybridized carbons (Fsp3) is 0.357. The van der Waals surface area contributed by atoms with Crippen molar-refractivity contribution in [3.8, 4) is 11.3 Å². The number of likely N-dealkylation sites (N-methyl/N-ethyl adjacent to an activating group) is 1. The first kappa shape index (κ1) is 13.2. The molecule has 1 aromatic carbocycles. The molecule has 3 rings (SSSR count). The van der Waals surface area contributed by atoms with Crippen LogP contribution in [0.15, 0.2) is 12.1 Å². The van der Waals surface area contributed by atoms with Crippen molar-refractivity contribution in [1.29, 1.82) is 0 Å². The van der Waals surface area contributed by atoms with Crippen LogP contribution < -0.4 is 0 Å². The van der Waals surface area contributed by atoms with E-state index in [2.05, 4.69) is 10.00 Å². The molecule has 0 spiro atoms. The van der Waals surface area contributed by atoms with Crippen LogP contribution in [0.4, 0.5) is 13.2 Å². The molecule has 2 aromatic rings. The molecule has 106 valence electrons. The lowest BCUT2D eigenvalue weighted by Gasteiger charge is -2.21. The third kappa shape index (κ3) is 2.00. The maximum Gasteiger partial charge on any atom is 0.194 e. The van der Waals surface area contributed by atoms with E-state index in [1.807, 2.05) is 7.05 Å². The van der Waals surface area contributed by atoms with Gasteiger partial charge < -0.3 is 4.90 Å². The molecule has 0 bridgehead atoms. The monoisotopic (exact) mass is 281 g/mol. The van der Waals surface area contributed by atoms with E-state index in [-0.39, 0.29) is 0 Å². The van der Waals surface area contributed by atoms with Gasteiger partial charge in [0.05, 0.1) is 11.4 Å². The average molecular weight is 281 g/mol. The van der Waals surface area contributed by atoms with E-state index in [4.69, 9.17) is 0 Å². The first-order chi connectivity index (χ1) is 9.47. The van der Waals surface area contributed by atoms with Crippen molar-refractivity contribution in [3.05, 3.63) is 40.8 Å². The lowest BCUT2D eigenvalue weighted by Crippen LogP contribution is -2.26. The van der Waals surface area contributed by atoms with Crippen molar-refractivity contribution in [1.82, 2.24) is 14.7 Å². The molecule has 0 fully saturated rings. The van der Waals surface area contributed by atoms with Crippen molar-refractivity contribution >= 4 is 0 Å². The van der Waals surface area contributed by atoms with Gasteiger partial charge in [0.2, 0.25) is 0 Å². The maximum absolute atomic E-state index is 13.4. The Balaban J connectivity index is 2.16. The SMILES string of the molecule is CN1CCc2c(nn(C)c2-c2cc(F)c(F)c(F)c2)C1. The molecule has 0 saturated carbocycles. The Kier molecular flexibility index (Phi) is 3.05. The number of fused-ring (bicyclic) bond motifs is 1. The summed E-state index contributed by atoms with van der Waals surface area (Å²) in [5.74, 6) is -3.80. The van der Waals surface area contributed by atoms with Crippen LogP contribution >= 0.6 is 0 Å². The summed E-state index contributed by atoms with van der Waals surface area (Å²) in [5.41, 5.74) is 2.87. The highest BCUT2D eigenvalue weighted by molar-refractivity contribution is 5.65. The van der Waals surface area contributed by atoms with Crippen LogP contribution in [0.5, 0.6) is 0 Å². The highest BCUT2D eigenvalue weighted by Crippen LogP contribution is 2.31. The predicted octanol–water partition coefficient (Wildman–Crippen LogP) is 2.49. The van der Waals surface area contributed by atoms with Crippen LogP contribution in [-0.2, 0) is 20.0 Å². The first-order valence-electron chi connectivity index (χ1n) is 6.35. The van der Waals surface area contributed by atoms with Gasteiger partial charge >= 0.3 is 0 Å². The van der Waals surface area contributed by atoms with Crippen molar-refractivity contribution in [2.75, 3.05) is 13.6 Å². The number of hydrogen-bond acceptors (Lipinski definition) is 2. The molecule has 1 aromatic heterocycles. The molecule has 0 unspecified atom stereocenters. The summed E-state index contributed by atoms with van der Waals surface area (Å²) >= 11 is 0. The molecule has 0 aliphatic carbocycles. The van der Waals surface area contributed by atoms with Gasteiger partial charge in [-0.1, -0.05) is 0 Å². The molecule has 1 aliphatic rings. The Labute approximate surface area is 114 Å². The number of hydrogen-bond donors (Lipinski definition) is 0. The Morgan fingerprint density at radius 1 is 1.10 bits per heavy atom. The zero-order chi connectivity index (χ0) is 14.4. The van der Waals surface area contributed by atoms with Gasteiger partial charge in [0.15, 0.2) is 17.5 Å². The number of rotatable bonds is 1. The zero-order valence-corrected chi connectivity index (χ0v) is 11.3. The summed E-state index contributed by atoms with van der Waals surface area (Å²) in [6.07, 6.45) is 0.760. The normalized spacial score (nSPS) is 15.4. The Morgan fingerprint density at radius 2 is 1.75 bits per heavy atom. The number of benzene rings is 1. The van der Waals surface area contributed by atoms with Gasteiger partial charge in [-0.25, -0.2) is 13.2 Å². The fourth-order valence-corrected chi connectivity index (χ4v) is 2.70. The van der Waals surface area contributed by atoms with Crippen molar-refractivity contribution < 1.29 is 13.2 Å². The molecule has 0 amide bonds. The quantitative estimate of drug-likeness (QED) is 0.749. The van der Waals surface area contributed by atoms with Gasteiger partial charge in [-0.2, -0.15) is 5.10 Å². The topological polar surface area (TPSA) is 21.1 Å². The Morgan fingerprint density at radius 3 is 2.40 bits per heavy atom. The van der Waals surface area contributed by atoms with E-state index in [9.17, 15) is 13.2 Å². The minimum atomic E-state index is -1.44. The molecular formula is C14H14F3N3. The van der Waals surface area contributed by atoms with Crippen LogP contribution in [0.25, 0.3) is 11.3 Å². The minimum Gasteiger partial charge on any atom is -0.300 e. The fourth-order valence-electron chi connectivity index (χ4n) is 2.70. The minimum absolute atomic E-state index is 0.321. The van der Waals surface area contributed by atoms with Gasteiger partial charge in [0.25, 0.3) is 0 Å². The average Bonchev–Trinajstić information content (AvgIpc) is 2.70. The summed E-state index contributed by atoms with van der Waals surface area (Å²) in [7, 11) is 3.72. The summed E-state index contributed by atoms with van der Waals surface area (Å²) in [6, 6.07) is 2.04. The molecule has 6 heteroatoms. The van der Waals surface area contributed by atoms with E-state index in [0.717, 1.165) is 36.4 Å². The van der Waals surface area contributed by atoms with E-state index < -0.39 is 17.5 Å². The molecule has 0 N–H and O–H groups in total. The first-order valence-corrected chi connectivity index (χ1v) is 6.35.